The SMILES string of the molecule is Cc1cc(S(=O)(=O)NC(CCNC(=O)[C@H](C)N)C(=O)NO)ccc1F. The summed E-state index contributed by atoms with van der Waals surface area (Å²) in [6, 6.07) is 1.05. The van der Waals surface area contributed by atoms with E-state index in [2.05, 4.69) is 10.0 Å². The summed E-state index contributed by atoms with van der Waals surface area (Å²) in [7, 11) is -4.15. The van der Waals surface area contributed by atoms with Crippen molar-refractivity contribution in [3.05, 3.63) is 29.6 Å². The first kappa shape index (κ1) is 21.0. The van der Waals surface area contributed by atoms with Gasteiger partial charge in [-0.2, -0.15) is 4.72 Å². The molecule has 0 aromatic heterocycles. The van der Waals surface area contributed by atoms with Crippen molar-refractivity contribution >= 4 is 21.8 Å². The smallest absolute Gasteiger partial charge is 0.261 e. The lowest BCUT2D eigenvalue weighted by Gasteiger charge is -2.18. The largest absolute Gasteiger partial charge is 0.355 e. The van der Waals surface area contributed by atoms with E-state index in [0.29, 0.717) is 0 Å². The van der Waals surface area contributed by atoms with Crippen LogP contribution >= 0.6 is 0 Å². The van der Waals surface area contributed by atoms with Gasteiger partial charge >= 0.3 is 0 Å². The lowest BCUT2D eigenvalue weighted by Crippen LogP contribution is -2.48. The van der Waals surface area contributed by atoms with E-state index in [0.717, 1.165) is 18.2 Å². The molecule has 1 aromatic carbocycles. The summed E-state index contributed by atoms with van der Waals surface area (Å²) in [6.45, 7) is 2.81. The maximum Gasteiger partial charge on any atom is 0.261 e. The first-order chi connectivity index (χ1) is 11.6. The molecule has 6 N–H and O–H groups in total. The Morgan fingerprint density at radius 2 is 1.96 bits per heavy atom. The van der Waals surface area contributed by atoms with E-state index < -0.39 is 39.7 Å². The molecular formula is C14H21FN4O5S. The van der Waals surface area contributed by atoms with Crippen LogP contribution in [0.4, 0.5) is 4.39 Å². The van der Waals surface area contributed by atoms with Gasteiger partial charge in [-0.1, -0.05) is 0 Å². The molecule has 0 aliphatic heterocycles. The number of carbonyl (C=O) groups excluding carboxylic acids is 2. The number of nitrogens with one attached hydrogen (secondary N) is 3. The molecule has 0 bridgehead atoms. The fourth-order valence-corrected chi connectivity index (χ4v) is 3.18. The molecular weight excluding hydrogens is 355 g/mol. The Kier molecular flexibility index (Phi) is 7.42. The molecule has 0 aliphatic carbocycles. The summed E-state index contributed by atoms with van der Waals surface area (Å²) in [5.41, 5.74) is 6.85. The minimum absolute atomic E-state index is 0.0522. The van der Waals surface area contributed by atoms with Gasteiger partial charge in [-0.25, -0.2) is 18.3 Å². The van der Waals surface area contributed by atoms with Crippen molar-refractivity contribution in [1.29, 1.82) is 0 Å². The summed E-state index contributed by atoms with van der Waals surface area (Å²) in [5.74, 6) is -2.04. The van der Waals surface area contributed by atoms with Gasteiger partial charge in [0.1, 0.15) is 11.9 Å². The number of hydrogen-bond acceptors (Lipinski definition) is 6. The Bertz CT molecular complexity index is 739. The third-order valence-corrected chi connectivity index (χ3v) is 4.78. The molecule has 0 heterocycles. The number of carbonyl (C=O) groups is 2. The molecule has 2 atom stereocenters. The van der Waals surface area contributed by atoms with Gasteiger partial charge in [0, 0.05) is 6.54 Å². The Hall–Kier alpha value is -2.08. The molecule has 0 fully saturated rings. The summed E-state index contributed by atoms with van der Waals surface area (Å²) in [5, 5.41) is 11.2. The molecule has 0 saturated heterocycles. The second-order valence-electron chi connectivity index (χ2n) is 5.43. The highest BCUT2D eigenvalue weighted by Crippen LogP contribution is 2.15. The summed E-state index contributed by atoms with van der Waals surface area (Å²) in [6.07, 6.45) is -0.135. The van der Waals surface area contributed by atoms with Gasteiger partial charge in [0.15, 0.2) is 0 Å². The molecule has 2 amide bonds. The van der Waals surface area contributed by atoms with E-state index in [9.17, 15) is 22.4 Å². The standard InChI is InChI=1S/C14H21FN4O5S/c1-8-7-10(3-4-11(8)15)25(23,24)19-12(14(21)18-22)5-6-17-13(20)9(2)16/h3-4,7,9,12,19,22H,5-6,16H2,1-2H3,(H,17,20)(H,18,21)/t9-,12?/m0/s1. The Morgan fingerprint density at radius 1 is 1.32 bits per heavy atom. The van der Waals surface area contributed by atoms with Crippen molar-refractivity contribution in [2.75, 3.05) is 6.54 Å². The first-order valence-electron chi connectivity index (χ1n) is 7.34. The molecule has 0 spiro atoms. The fourth-order valence-electron chi connectivity index (χ4n) is 1.86. The van der Waals surface area contributed by atoms with Crippen LogP contribution in [0.25, 0.3) is 0 Å². The van der Waals surface area contributed by atoms with Crippen molar-refractivity contribution in [3.8, 4) is 0 Å². The maximum absolute atomic E-state index is 13.3. The fraction of sp³-hybridized carbons (Fsp3) is 0.429. The zero-order chi connectivity index (χ0) is 19.2. The van der Waals surface area contributed by atoms with Crippen LogP contribution in [0.15, 0.2) is 23.1 Å². The zero-order valence-electron chi connectivity index (χ0n) is 13.7. The normalized spacial score (nSPS) is 13.8. The van der Waals surface area contributed by atoms with Gasteiger partial charge in [-0.3, -0.25) is 14.8 Å². The molecule has 0 saturated carbocycles. The number of hydroxylamine groups is 1. The average Bonchev–Trinajstić information content (AvgIpc) is 2.55. The second kappa shape index (κ2) is 8.85. The number of sulfonamides is 1. The number of nitrogens with two attached hydrogens (primary N) is 1. The van der Waals surface area contributed by atoms with Crippen LogP contribution in [0.3, 0.4) is 0 Å². The molecule has 0 radical (unpaired) electrons. The Morgan fingerprint density at radius 3 is 2.48 bits per heavy atom. The van der Waals surface area contributed by atoms with Gasteiger partial charge in [0.2, 0.25) is 15.9 Å². The third kappa shape index (κ3) is 6.05. The van der Waals surface area contributed by atoms with Gasteiger partial charge in [0.05, 0.1) is 10.9 Å². The van der Waals surface area contributed by atoms with E-state index in [1.165, 1.54) is 19.3 Å². The predicted octanol–water partition coefficient (Wildman–Crippen LogP) is -0.860. The maximum atomic E-state index is 13.3. The third-order valence-electron chi connectivity index (χ3n) is 3.31. The molecule has 9 nitrogen and oxygen atoms in total. The van der Waals surface area contributed by atoms with Crippen LogP contribution in [0.5, 0.6) is 0 Å². The molecule has 1 aromatic rings. The van der Waals surface area contributed by atoms with E-state index in [1.54, 1.807) is 0 Å². The first-order valence-corrected chi connectivity index (χ1v) is 8.82. The monoisotopic (exact) mass is 376 g/mol. The second-order valence-corrected chi connectivity index (χ2v) is 7.14. The number of amides is 2. The lowest BCUT2D eigenvalue weighted by atomic mass is 10.2. The van der Waals surface area contributed by atoms with Gasteiger partial charge in [0.25, 0.3) is 5.91 Å². The van der Waals surface area contributed by atoms with Crippen LogP contribution in [0.2, 0.25) is 0 Å². The van der Waals surface area contributed by atoms with Crippen LogP contribution < -0.4 is 21.3 Å². The van der Waals surface area contributed by atoms with Crippen molar-refractivity contribution in [2.45, 2.75) is 37.2 Å². The average molecular weight is 376 g/mol. The summed E-state index contributed by atoms with van der Waals surface area (Å²) >= 11 is 0. The van der Waals surface area contributed by atoms with Gasteiger partial charge in [-0.15, -0.1) is 0 Å². The Balaban J connectivity index is 2.87. The van der Waals surface area contributed by atoms with Crippen LogP contribution in [-0.2, 0) is 19.6 Å². The summed E-state index contributed by atoms with van der Waals surface area (Å²) < 4.78 is 40.0. The number of halogens is 1. The van der Waals surface area contributed by atoms with Gasteiger partial charge in [-0.05, 0) is 44.0 Å². The molecule has 11 heteroatoms. The lowest BCUT2D eigenvalue weighted by molar-refractivity contribution is -0.131. The highest BCUT2D eigenvalue weighted by atomic mass is 32.2. The number of rotatable bonds is 8. The predicted molar refractivity (Wildman–Crippen MR) is 86.5 cm³/mol. The van der Waals surface area contributed by atoms with Crippen LogP contribution in [0.1, 0.15) is 18.9 Å². The van der Waals surface area contributed by atoms with E-state index in [1.807, 2.05) is 0 Å². The van der Waals surface area contributed by atoms with Crippen molar-refractivity contribution in [1.82, 2.24) is 15.5 Å². The number of aryl methyl sites for hydroxylation is 1. The summed E-state index contributed by atoms with van der Waals surface area (Å²) in [4.78, 5) is 22.8. The molecule has 25 heavy (non-hydrogen) atoms. The minimum Gasteiger partial charge on any atom is -0.355 e. The number of hydrogen-bond donors (Lipinski definition) is 5. The van der Waals surface area contributed by atoms with Crippen molar-refractivity contribution < 1.29 is 27.6 Å². The quantitative estimate of drug-likeness (QED) is 0.294. The molecule has 1 unspecified atom stereocenters. The van der Waals surface area contributed by atoms with Crippen LogP contribution in [-0.4, -0.2) is 44.1 Å². The van der Waals surface area contributed by atoms with E-state index in [-0.39, 0.29) is 23.4 Å². The minimum atomic E-state index is -4.15. The van der Waals surface area contributed by atoms with Crippen LogP contribution in [0, 0.1) is 12.7 Å². The van der Waals surface area contributed by atoms with Gasteiger partial charge < -0.3 is 11.1 Å². The van der Waals surface area contributed by atoms with Crippen molar-refractivity contribution in [2.24, 2.45) is 5.73 Å². The Labute approximate surface area is 144 Å². The molecule has 1 rings (SSSR count). The number of benzene rings is 1. The molecule has 0 aliphatic rings. The van der Waals surface area contributed by atoms with E-state index in [4.69, 9.17) is 10.9 Å². The van der Waals surface area contributed by atoms with E-state index >= 15 is 0 Å². The topological polar surface area (TPSA) is 151 Å². The highest BCUT2D eigenvalue weighted by Gasteiger charge is 2.26. The molecule has 140 valence electrons. The van der Waals surface area contributed by atoms with Crippen molar-refractivity contribution in [3.63, 3.8) is 0 Å². The zero-order valence-corrected chi connectivity index (χ0v) is 14.6. The highest BCUT2D eigenvalue weighted by molar-refractivity contribution is 7.89.